The van der Waals surface area contributed by atoms with Crippen molar-refractivity contribution < 1.29 is 37.9 Å². The van der Waals surface area contributed by atoms with E-state index in [4.69, 9.17) is 9.16 Å². The van der Waals surface area contributed by atoms with E-state index in [2.05, 4.69) is 49.2 Å². The molecule has 0 aromatic heterocycles. The molecule has 0 bridgehead atoms. The molecule has 0 saturated carbocycles. The second kappa shape index (κ2) is 15.4. The van der Waals surface area contributed by atoms with Gasteiger partial charge in [0.05, 0.1) is 13.5 Å². The Morgan fingerprint density at radius 3 is 2.06 bits per heavy atom. The Labute approximate surface area is 220 Å². The van der Waals surface area contributed by atoms with E-state index in [-0.39, 0.29) is 55.0 Å². The van der Waals surface area contributed by atoms with Gasteiger partial charge in [-0.15, -0.1) is 0 Å². The molecule has 0 heterocycles. The van der Waals surface area contributed by atoms with Gasteiger partial charge in [-0.3, -0.25) is 24.0 Å². The van der Waals surface area contributed by atoms with Gasteiger partial charge in [-0.2, -0.15) is 0 Å². The molecular weight excluding hydrogens is 504 g/mol. The second-order valence-electron chi connectivity index (χ2n) is 10.7. The summed E-state index contributed by atoms with van der Waals surface area (Å²) < 4.78 is 16.1. The zero-order valence-electron chi connectivity index (χ0n) is 23.2. The average Bonchev–Trinajstić information content (AvgIpc) is 2.76. The number of amides is 2. The lowest BCUT2D eigenvalue weighted by Gasteiger charge is -2.40. The van der Waals surface area contributed by atoms with Crippen molar-refractivity contribution in [3.8, 4) is 0 Å². The Bertz CT molecular complexity index is 781. The van der Waals surface area contributed by atoms with Crippen LogP contribution in [-0.2, 0) is 37.9 Å². The maximum atomic E-state index is 12.9. The minimum Gasteiger partial charge on any atom is -0.469 e. The lowest BCUT2D eigenvalue weighted by Crippen LogP contribution is -2.51. The SMILES string of the molecule is COC(=O)CCC(=O)SCCNC(=O)CCNC(=O)[C@H](OC(C)=O)C(C)(C)CO[Si](C)(C)C(C)(C)C. The van der Waals surface area contributed by atoms with Crippen LogP contribution in [0.3, 0.4) is 0 Å². The predicted molar refractivity (Wildman–Crippen MR) is 142 cm³/mol. The van der Waals surface area contributed by atoms with Crippen LogP contribution in [0.2, 0.25) is 18.1 Å². The average molecular weight is 549 g/mol. The minimum atomic E-state index is -2.08. The molecule has 0 unspecified atom stereocenters. The Hall–Kier alpha value is -1.92. The van der Waals surface area contributed by atoms with Crippen LogP contribution in [0.25, 0.3) is 0 Å². The van der Waals surface area contributed by atoms with Crippen molar-refractivity contribution in [1.29, 1.82) is 0 Å². The highest BCUT2D eigenvalue weighted by molar-refractivity contribution is 8.13. The normalized spacial score (nSPS) is 12.9. The highest BCUT2D eigenvalue weighted by Crippen LogP contribution is 2.38. The monoisotopic (exact) mass is 548 g/mol. The van der Waals surface area contributed by atoms with Crippen molar-refractivity contribution in [2.45, 2.75) is 85.0 Å². The number of rotatable bonds is 15. The third kappa shape index (κ3) is 13.4. The van der Waals surface area contributed by atoms with Crippen LogP contribution in [0, 0.1) is 5.41 Å². The Morgan fingerprint density at radius 2 is 1.53 bits per heavy atom. The van der Waals surface area contributed by atoms with Crippen LogP contribution in [0.15, 0.2) is 0 Å². The van der Waals surface area contributed by atoms with Crippen LogP contribution < -0.4 is 10.6 Å². The lowest BCUT2D eigenvalue weighted by molar-refractivity contribution is -0.163. The fourth-order valence-electron chi connectivity index (χ4n) is 2.61. The number of thioether (sulfide) groups is 1. The van der Waals surface area contributed by atoms with Crippen LogP contribution in [0.5, 0.6) is 0 Å². The quantitative estimate of drug-likeness (QED) is 0.180. The third-order valence-electron chi connectivity index (χ3n) is 5.94. The van der Waals surface area contributed by atoms with Crippen molar-refractivity contribution >= 4 is 48.9 Å². The summed E-state index contributed by atoms with van der Waals surface area (Å²) in [4.78, 5) is 59.3. The van der Waals surface area contributed by atoms with E-state index < -0.39 is 37.7 Å². The van der Waals surface area contributed by atoms with Gasteiger partial charge in [0.1, 0.15) is 0 Å². The molecule has 1 atom stereocenters. The zero-order valence-corrected chi connectivity index (χ0v) is 25.0. The van der Waals surface area contributed by atoms with Crippen LogP contribution in [0.1, 0.15) is 60.8 Å². The highest BCUT2D eigenvalue weighted by Gasteiger charge is 2.43. The fourth-order valence-corrected chi connectivity index (χ4v) is 4.45. The summed E-state index contributed by atoms with van der Waals surface area (Å²) in [5.41, 5.74) is -0.787. The van der Waals surface area contributed by atoms with Crippen LogP contribution in [0.4, 0.5) is 0 Å². The molecule has 0 aromatic rings. The van der Waals surface area contributed by atoms with E-state index in [9.17, 15) is 24.0 Å². The Morgan fingerprint density at radius 1 is 0.917 bits per heavy atom. The van der Waals surface area contributed by atoms with Crippen molar-refractivity contribution in [1.82, 2.24) is 10.6 Å². The Kier molecular flexibility index (Phi) is 14.5. The number of methoxy groups -OCH3 is 1. The fraction of sp³-hybridized carbons (Fsp3) is 0.792. The molecule has 0 spiro atoms. The summed E-state index contributed by atoms with van der Waals surface area (Å²) in [5, 5.41) is 5.18. The number of esters is 2. The topological polar surface area (TPSA) is 137 Å². The number of hydrogen-bond donors (Lipinski definition) is 2. The van der Waals surface area contributed by atoms with Gasteiger partial charge in [0, 0.05) is 50.6 Å². The predicted octanol–water partition coefficient (Wildman–Crippen LogP) is 2.80. The van der Waals surface area contributed by atoms with E-state index in [0.29, 0.717) is 5.75 Å². The zero-order chi connectivity index (χ0) is 28.2. The summed E-state index contributed by atoms with van der Waals surface area (Å²) in [7, 11) is -0.815. The van der Waals surface area contributed by atoms with Gasteiger partial charge in [-0.05, 0) is 18.1 Å². The van der Waals surface area contributed by atoms with Gasteiger partial charge in [-0.25, -0.2) is 0 Å². The van der Waals surface area contributed by atoms with Gasteiger partial charge in [0.25, 0.3) is 5.91 Å². The minimum absolute atomic E-state index is 0.00944. The van der Waals surface area contributed by atoms with E-state index in [1.165, 1.54) is 14.0 Å². The van der Waals surface area contributed by atoms with Crippen molar-refractivity contribution in [2.24, 2.45) is 5.41 Å². The van der Waals surface area contributed by atoms with Crippen molar-refractivity contribution in [2.75, 3.05) is 32.6 Å². The summed E-state index contributed by atoms with van der Waals surface area (Å²) in [6, 6.07) is 0. The van der Waals surface area contributed by atoms with Gasteiger partial charge in [0.2, 0.25) is 5.91 Å². The maximum absolute atomic E-state index is 12.9. The molecule has 0 rings (SSSR count). The second-order valence-corrected chi connectivity index (χ2v) is 16.7. The third-order valence-corrected chi connectivity index (χ3v) is 11.4. The molecule has 0 fully saturated rings. The summed E-state index contributed by atoms with van der Waals surface area (Å²) in [6.45, 7) is 16.0. The molecule has 0 saturated heterocycles. The van der Waals surface area contributed by atoms with Gasteiger partial charge in [0.15, 0.2) is 19.5 Å². The van der Waals surface area contributed by atoms with E-state index in [1.807, 2.05) is 13.8 Å². The van der Waals surface area contributed by atoms with Crippen molar-refractivity contribution in [3.63, 3.8) is 0 Å². The molecule has 0 radical (unpaired) electrons. The van der Waals surface area contributed by atoms with Crippen LogP contribution >= 0.6 is 11.8 Å². The number of carbonyl (C=O) groups is 5. The molecule has 10 nitrogen and oxygen atoms in total. The standard InChI is InChI=1S/C24H44N2O8SSi/c1-17(27)34-21(24(5,6)16-33-36(8,9)23(2,3)4)22(31)26-13-12-18(28)25-14-15-35-20(30)11-10-19(29)32-7/h21H,10-16H2,1-9H3,(H,25,28)(H,26,31)/t21-/m0/s1. The summed E-state index contributed by atoms with van der Waals surface area (Å²) in [5.74, 6) is -1.43. The molecule has 36 heavy (non-hydrogen) atoms. The lowest BCUT2D eigenvalue weighted by atomic mass is 9.86. The number of nitrogens with one attached hydrogen (secondary N) is 2. The molecule has 12 heteroatoms. The van der Waals surface area contributed by atoms with Gasteiger partial charge >= 0.3 is 11.9 Å². The number of ether oxygens (including phenoxy) is 2. The first-order valence-electron chi connectivity index (χ1n) is 12.0. The molecule has 2 N–H and O–H groups in total. The first kappa shape index (κ1) is 34.1. The smallest absolute Gasteiger partial charge is 0.305 e. The van der Waals surface area contributed by atoms with Gasteiger partial charge in [-0.1, -0.05) is 46.4 Å². The highest BCUT2D eigenvalue weighted by atomic mass is 32.2. The Balaban J connectivity index is 4.63. The van der Waals surface area contributed by atoms with Crippen LogP contribution in [-0.4, -0.2) is 75.8 Å². The summed E-state index contributed by atoms with van der Waals surface area (Å²) in [6.07, 6.45) is -0.935. The molecule has 208 valence electrons. The van der Waals surface area contributed by atoms with E-state index in [0.717, 1.165) is 11.8 Å². The molecule has 2 amide bonds. The number of carbonyl (C=O) groups excluding carboxylic acids is 5. The molecule has 0 aromatic carbocycles. The van der Waals surface area contributed by atoms with Crippen molar-refractivity contribution in [3.05, 3.63) is 0 Å². The van der Waals surface area contributed by atoms with Gasteiger partial charge < -0.3 is 24.5 Å². The maximum Gasteiger partial charge on any atom is 0.305 e. The largest absolute Gasteiger partial charge is 0.469 e. The molecule has 0 aliphatic carbocycles. The van der Waals surface area contributed by atoms with E-state index >= 15 is 0 Å². The first-order valence-corrected chi connectivity index (χ1v) is 15.9. The van der Waals surface area contributed by atoms with E-state index in [1.54, 1.807) is 0 Å². The molecule has 0 aliphatic rings. The first-order chi connectivity index (χ1) is 16.4. The molecule has 0 aliphatic heterocycles. The molecular formula is C24H44N2O8SSi. The number of hydrogen-bond acceptors (Lipinski definition) is 9. The summed E-state index contributed by atoms with van der Waals surface area (Å²) >= 11 is 1.03.